The summed E-state index contributed by atoms with van der Waals surface area (Å²) in [5.41, 5.74) is 0. The van der Waals surface area contributed by atoms with Crippen molar-refractivity contribution in [1.29, 1.82) is 0 Å². The van der Waals surface area contributed by atoms with Crippen LogP contribution in [-0.4, -0.2) is 65.6 Å². The molecule has 0 rings (SSSR count). The summed E-state index contributed by atoms with van der Waals surface area (Å²) in [6, 6.07) is 0. The van der Waals surface area contributed by atoms with E-state index < -0.39 is 37.3 Å². The highest BCUT2D eigenvalue weighted by molar-refractivity contribution is 7.93. The summed E-state index contributed by atoms with van der Waals surface area (Å²) in [5, 5.41) is 0. The molecular formula is C8H17NO6S2. The van der Waals surface area contributed by atoms with Crippen LogP contribution in [0.4, 0.5) is 0 Å². The quantitative estimate of drug-likeness (QED) is 0.549. The van der Waals surface area contributed by atoms with Gasteiger partial charge in [-0.3, -0.25) is 4.79 Å². The number of hydrogen-bond donors (Lipinski definition) is 0. The van der Waals surface area contributed by atoms with Crippen LogP contribution in [0.15, 0.2) is 0 Å². The maximum atomic E-state index is 11.6. The summed E-state index contributed by atoms with van der Waals surface area (Å²) in [7, 11) is -4.47. The van der Waals surface area contributed by atoms with E-state index in [1.165, 1.54) is 14.2 Å². The van der Waals surface area contributed by atoms with E-state index >= 15 is 0 Å². The van der Waals surface area contributed by atoms with Crippen LogP contribution in [0.5, 0.6) is 0 Å². The lowest BCUT2D eigenvalue weighted by atomic mass is 10.4. The van der Waals surface area contributed by atoms with Gasteiger partial charge in [-0.1, -0.05) is 0 Å². The van der Waals surface area contributed by atoms with Gasteiger partial charge in [0.1, 0.15) is 9.84 Å². The van der Waals surface area contributed by atoms with Crippen molar-refractivity contribution in [2.45, 2.75) is 6.42 Å². The zero-order valence-corrected chi connectivity index (χ0v) is 11.7. The first-order valence-corrected chi connectivity index (χ1v) is 8.44. The molecule has 0 bridgehead atoms. The van der Waals surface area contributed by atoms with Crippen LogP contribution in [0.2, 0.25) is 0 Å². The van der Waals surface area contributed by atoms with E-state index in [-0.39, 0.29) is 13.0 Å². The maximum absolute atomic E-state index is 11.6. The van der Waals surface area contributed by atoms with Gasteiger partial charge in [0, 0.05) is 19.8 Å². The van der Waals surface area contributed by atoms with E-state index in [1.807, 2.05) is 0 Å². The Morgan fingerprint density at radius 2 is 1.71 bits per heavy atom. The van der Waals surface area contributed by atoms with Gasteiger partial charge >= 0.3 is 5.97 Å². The van der Waals surface area contributed by atoms with E-state index in [1.54, 1.807) is 0 Å². The molecule has 0 spiro atoms. The molecule has 0 aromatic rings. The Morgan fingerprint density at radius 1 is 1.18 bits per heavy atom. The minimum absolute atomic E-state index is 0.0290. The monoisotopic (exact) mass is 287 g/mol. The smallest absolute Gasteiger partial charge is 0.306 e. The summed E-state index contributed by atoms with van der Waals surface area (Å²) >= 11 is 0. The highest BCUT2D eigenvalue weighted by atomic mass is 32.2. The third kappa shape index (κ3) is 7.29. The molecule has 102 valence electrons. The minimum atomic E-state index is -3.65. The summed E-state index contributed by atoms with van der Waals surface area (Å²) < 4.78 is 50.2. The van der Waals surface area contributed by atoms with Crippen molar-refractivity contribution in [2.24, 2.45) is 0 Å². The van der Waals surface area contributed by atoms with Crippen molar-refractivity contribution < 1.29 is 26.4 Å². The third-order valence-corrected chi connectivity index (χ3v) is 5.10. The molecular weight excluding hydrogens is 270 g/mol. The summed E-state index contributed by atoms with van der Waals surface area (Å²) in [6.07, 6.45) is 0.905. The fourth-order valence-electron chi connectivity index (χ4n) is 0.902. The van der Waals surface area contributed by atoms with Crippen LogP contribution in [0.1, 0.15) is 6.42 Å². The molecule has 0 unspecified atom stereocenters. The Balaban J connectivity index is 4.36. The predicted octanol–water partition coefficient (Wildman–Crippen LogP) is -1.14. The summed E-state index contributed by atoms with van der Waals surface area (Å²) in [5.74, 6) is -1.43. The summed E-state index contributed by atoms with van der Waals surface area (Å²) in [4.78, 5) is 10.8. The standard InChI is InChI=1S/C8H17NO6S2/c1-9(5-4-8(10)15-2)17(13,14)7-6-16(3,11)12/h4-7H2,1-3H3. The van der Waals surface area contributed by atoms with Crippen LogP contribution in [0, 0.1) is 0 Å². The second-order valence-corrected chi connectivity index (χ2v) is 8.05. The van der Waals surface area contributed by atoms with Gasteiger partial charge < -0.3 is 4.74 Å². The van der Waals surface area contributed by atoms with Gasteiger partial charge in [0.15, 0.2) is 0 Å². The van der Waals surface area contributed by atoms with Crippen molar-refractivity contribution in [1.82, 2.24) is 4.31 Å². The number of sulfonamides is 1. The van der Waals surface area contributed by atoms with Crippen LogP contribution in [0.25, 0.3) is 0 Å². The van der Waals surface area contributed by atoms with Gasteiger partial charge in [0.05, 0.1) is 25.0 Å². The lowest BCUT2D eigenvalue weighted by Crippen LogP contribution is -2.33. The minimum Gasteiger partial charge on any atom is -0.469 e. The molecule has 7 nitrogen and oxygen atoms in total. The fourth-order valence-corrected chi connectivity index (χ4v) is 3.64. The molecule has 0 amide bonds. The van der Waals surface area contributed by atoms with E-state index in [4.69, 9.17) is 0 Å². The Morgan fingerprint density at radius 3 is 2.12 bits per heavy atom. The van der Waals surface area contributed by atoms with Crippen LogP contribution in [0.3, 0.4) is 0 Å². The lowest BCUT2D eigenvalue weighted by molar-refractivity contribution is -0.140. The molecule has 0 aliphatic rings. The number of nitrogens with zero attached hydrogens (tertiary/aromatic N) is 1. The fraction of sp³-hybridized carbons (Fsp3) is 0.875. The first-order valence-electron chi connectivity index (χ1n) is 4.77. The van der Waals surface area contributed by atoms with Crippen molar-refractivity contribution in [3.63, 3.8) is 0 Å². The van der Waals surface area contributed by atoms with Crippen molar-refractivity contribution >= 4 is 25.8 Å². The zero-order valence-electron chi connectivity index (χ0n) is 10.0. The molecule has 9 heteroatoms. The molecule has 0 saturated carbocycles. The number of rotatable bonds is 7. The van der Waals surface area contributed by atoms with E-state index in [0.717, 1.165) is 10.6 Å². The largest absolute Gasteiger partial charge is 0.469 e. The second kappa shape index (κ2) is 6.31. The van der Waals surface area contributed by atoms with E-state index in [0.29, 0.717) is 0 Å². The van der Waals surface area contributed by atoms with Crippen molar-refractivity contribution in [2.75, 3.05) is 38.5 Å². The van der Waals surface area contributed by atoms with E-state index in [9.17, 15) is 21.6 Å². The SMILES string of the molecule is COC(=O)CCN(C)S(=O)(=O)CCS(C)(=O)=O. The van der Waals surface area contributed by atoms with E-state index in [2.05, 4.69) is 4.74 Å². The van der Waals surface area contributed by atoms with Gasteiger partial charge in [-0.15, -0.1) is 0 Å². The molecule has 0 aromatic heterocycles. The Hall–Kier alpha value is -0.670. The highest BCUT2D eigenvalue weighted by Crippen LogP contribution is 2.01. The van der Waals surface area contributed by atoms with Gasteiger partial charge in [-0.25, -0.2) is 21.1 Å². The van der Waals surface area contributed by atoms with Gasteiger partial charge in [-0.05, 0) is 0 Å². The number of esters is 1. The molecule has 0 heterocycles. The normalized spacial score (nSPS) is 12.7. The Kier molecular flexibility index (Phi) is 6.06. The van der Waals surface area contributed by atoms with Gasteiger partial charge in [-0.2, -0.15) is 0 Å². The molecule has 0 aliphatic heterocycles. The molecule has 0 radical (unpaired) electrons. The third-order valence-electron chi connectivity index (χ3n) is 2.05. The summed E-state index contributed by atoms with van der Waals surface area (Å²) in [6.45, 7) is -0.0290. The molecule has 0 saturated heterocycles. The number of ether oxygens (including phenoxy) is 1. The second-order valence-electron chi connectivity index (χ2n) is 3.59. The van der Waals surface area contributed by atoms with Crippen LogP contribution < -0.4 is 0 Å². The molecule has 0 atom stereocenters. The number of sulfone groups is 1. The number of carbonyl (C=O) groups is 1. The molecule has 0 N–H and O–H groups in total. The topological polar surface area (TPSA) is 97.8 Å². The molecule has 0 aliphatic carbocycles. The van der Waals surface area contributed by atoms with Crippen LogP contribution in [-0.2, 0) is 29.4 Å². The molecule has 17 heavy (non-hydrogen) atoms. The maximum Gasteiger partial charge on any atom is 0.306 e. The number of hydrogen-bond acceptors (Lipinski definition) is 6. The lowest BCUT2D eigenvalue weighted by Gasteiger charge is -2.15. The molecule has 0 fully saturated rings. The van der Waals surface area contributed by atoms with Gasteiger partial charge in [0.25, 0.3) is 0 Å². The first kappa shape index (κ1) is 16.3. The van der Waals surface area contributed by atoms with Crippen LogP contribution >= 0.6 is 0 Å². The number of methoxy groups -OCH3 is 1. The first-order chi connectivity index (χ1) is 7.58. The highest BCUT2D eigenvalue weighted by Gasteiger charge is 2.20. The van der Waals surface area contributed by atoms with Crippen molar-refractivity contribution in [3.8, 4) is 0 Å². The average molecular weight is 287 g/mol. The zero-order chi connectivity index (χ0) is 13.7. The Bertz CT molecular complexity index is 452. The number of carbonyl (C=O) groups excluding carboxylic acids is 1. The average Bonchev–Trinajstić information content (AvgIpc) is 2.21. The van der Waals surface area contributed by atoms with Gasteiger partial charge in [0.2, 0.25) is 10.0 Å². The Labute approximate surface area is 102 Å². The molecule has 0 aromatic carbocycles. The van der Waals surface area contributed by atoms with Crippen molar-refractivity contribution in [3.05, 3.63) is 0 Å². The predicted molar refractivity (Wildman–Crippen MR) is 62.8 cm³/mol.